The highest BCUT2D eigenvalue weighted by atomic mass is 35.5. The Morgan fingerprint density at radius 3 is 2.66 bits per heavy atom. The Morgan fingerprint density at radius 2 is 2.00 bits per heavy atom. The molecule has 6 nitrogen and oxygen atoms in total. The number of sulfonamides is 1. The second kappa shape index (κ2) is 7.72. The maximum absolute atomic E-state index is 13.2. The summed E-state index contributed by atoms with van der Waals surface area (Å²) in [5.41, 5.74) is 2.62. The summed E-state index contributed by atoms with van der Waals surface area (Å²) in [4.78, 5) is 17.2. The van der Waals surface area contributed by atoms with Gasteiger partial charge in [0, 0.05) is 29.3 Å². The number of carbonyl (C=O) groups is 1. The lowest BCUT2D eigenvalue weighted by molar-refractivity contribution is -0.120. The third kappa shape index (κ3) is 4.19. The molecule has 154 valence electrons. The average molecular weight is 434 g/mol. The molecule has 1 amide bonds. The Hall–Kier alpha value is -1.93. The second-order valence-electron chi connectivity index (χ2n) is 7.73. The highest BCUT2D eigenvalue weighted by Gasteiger charge is 2.36. The van der Waals surface area contributed by atoms with E-state index in [1.165, 1.54) is 6.07 Å². The number of nitrogens with zero attached hydrogens (tertiary/aromatic N) is 2. The van der Waals surface area contributed by atoms with Crippen molar-refractivity contribution < 1.29 is 13.2 Å². The second-order valence-corrected chi connectivity index (χ2v) is 9.70. The Morgan fingerprint density at radius 1 is 1.28 bits per heavy atom. The number of carbonyl (C=O) groups excluding carboxylic acids is 1. The van der Waals surface area contributed by atoms with E-state index in [9.17, 15) is 13.2 Å². The summed E-state index contributed by atoms with van der Waals surface area (Å²) in [7, 11) is -3.75. The number of hydrogen-bond donors (Lipinski definition) is 1. The molecule has 0 bridgehead atoms. The van der Waals surface area contributed by atoms with Crippen molar-refractivity contribution in [1.82, 2.24) is 4.90 Å². The summed E-state index contributed by atoms with van der Waals surface area (Å²) < 4.78 is 23.2. The zero-order valence-electron chi connectivity index (χ0n) is 16.2. The summed E-state index contributed by atoms with van der Waals surface area (Å²) in [6.45, 7) is 2.93. The first-order valence-electron chi connectivity index (χ1n) is 9.72. The van der Waals surface area contributed by atoms with Crippen molar-refractivity contribution in [2.75, 3.05) is 18.0 Å². The van der Waals surface area contributed by atoms with Gasteiger partial charge in [0.05, 0.1) is 11.4 Å². The fraction of sp³-hybridized carbons (Fsp3) is 0.381. The van der Waals surface area contributed by atoms with E-state index in [1.807, 2.05) is 24.3 Å². The van der Waals surface area contributed by atoms with Crippen LogP contribution in [0.4, 0.5) is 5.69 Å². The molecule has 0 spiro atoms. The van der Waals surface area contributed by atoms with Crippen LogP contribution in [-0.4, -0.2) is 38.4 Å². The third-order valence-electron chi connectivity index (χ3n) is 5.76. The molecule has 2 aliphatic rings. The first kappa shape index (κ1) is 20.3. The number of primary sulfonamides is 1. The zero-order chi connectivity index (χ0) is 20.8. The van der Waals surface area contributed by atoms with Crippen LogP contribution >= 0.6 is 11.6 Å². The Kier molecular flexibility index (Phi) is 5.42. The van der Waals surface area contributed by atoms with Crippen LogP contribution in [0.15, 0.2) is 47.4 Å². The standard InChI is InChI=1S/C21H24ClN3O3S/c1-14(18-4-2-3-5-19(18)22)25(16-6-7-16)13-21(26)24-11-10-15-12-17(29(23,27)28)8-9-20(15)24/h2-5,8-9,12,14,16H,6-7,10-11,13H2,1H3,(H2,23,27,28). The number of halogens is 1. The minimum Gasteiger partial charge on any atom is -0.311 e. The van der Waals surface area contributed by atoms with Gasteiger partial charge in [-0.15, -0.1) is 0 Å². The maximum atomic E-state index is 13.2. The summed E-state index contributed by atoms with van der Waals surface area (Å²) >= 11 is 6.39. The largest absolute Gasteiger partial charge is 0.311 e. The highest BCUT2D eigenvalue weighted by Crippen LogP contribution is 2.37. The lowest BCUT2D eigenvalue weighted by Crippen LogP contribution is -2.41. The van der Waals surface area contributed by atoms with E-state index in [0.717, 1.165) is 29.7 Å². The van der Waals surface area contributed by atoms with E-state index < -0.39 is 10.0 Å². The van der Waals surface area contributed by atoms with Gasteiger partial charge >= 0.3 is 0 Å². The Labute approximate surface area is 176 Å². The van der Waals surface area contributed by atoms with Gasteiger partial charge in [-0.2, -0.15) is 0 Å². The van der Waals surface area contributed by atoms with Crippen LogP contribution < -0.4 is 10.0 Å². The van der Waals surface area contributed by atoms with E-state index in [1.54, 1.807) is 17.0 Å². The number of rotatable bonds is 6. The van der Waals surface area contributed by atoms with Crippen LogP contribution in [0.1, 0.15) is 36.9 Å². The van der Waals surface area contributed by atoms with Crippen LogP contribution in [0, 0.1) is 0 Å². The molecule has 0 radical (unpaired) electrons. The van der Waals surface area contributed by atoms with Crippen molar-refractivity contribution in [3.05, 3.63) is 58.6 Å². The van der Waals surface area contributed by atoms with Crippen molar-refractivity contribution in [2.24, 2.45) is 5.14 Å². The molecule has 8 heteroatoms. The molecular weight excluding hydrogens is 410 g/mol. The molecule has 1 fully saturated rings. The molecule has 29 heavy (non-hydrogen) atoms. The highest BCUT2D eigenvalue weighted by molar-refractivity contribution is 7.89. The molecule has 2 N–H and O–H groups in total. The van der Waals surface area contributed by atoms with E-state index in [-0.39, 0.29) is 16.8 Å². The SMILES string of the molecule is CC(c1ccccc1Cl)N(CC(=O)N1CCc2cc(S(N)(=O)=O)ccc21)C1CC1. The minimum atomic E-state index is -3.75. The van der Waals surface area contributed by atoms with E-state index in [4.69, 9.17) is 16.7 Å². The van der Waals surface area contributed by atoms with Gasteiger partial charge in [-0.3, -0.25) is 9.69 Å². The molecule has 0 aromatic heterocycles. The molecule has 0 saturated heterocycles. The Bertz CT molecular complexity index is 1050. The molecular formula is C21H24ClN3O3S. The Balaban J connectivity index is 1.54. The zero-order valence-corrected chi connectivity index (χ0v) is 17.8. The third-order valence-corrected chi connectivity index (χ3v) is 7.02. The molecule has 2 aromatic rings. The van der Waals surface area contributed by atoms with Gasteiger partial charge in [0.25, 0.3) is 0 Å². The summed E-state index contributed by atoms with van der Waals surface area (Å²) in [5.74, 6) is 0.0120. The van der Waals surface area contributed by atoms with Crippen LogP contribution in [0.25, 0.3) is 0 Å². The van der Waals surface area contributed by atoms with Gasteiger partial charge in [-0.05, 0) is 61.6 Å². The monoisotopic (exact) mass is 433 g/mol. The van der Waals surface area contributed by atoms with Crippen molar-refractivity contribution >= 4 is 33.2 Å². The molecule has 2 aromatic carbocycles. The number of nitrogens with two attached hydrogens (primary N) is 1. The number of amides is 1. The fourth-order valence-corrected chi connectivity index (χ4v) is 4.89. The van der Waals surface area contributed by atoms with Crippen molar-refractivity contribution in [1.29, 1.82) is 0 Å². The van der Waals surface area contributed by atoms with Gasteiger partial charge in [0.2, 0.25) is 15.9 Å². The normalized spacial score (nSPS) is 17.4. The number of hydrogen-bond acceptors (Lipinski definition) is 4. The molecule has 1 heterocycles. The van der Waals surface area contributed by atoms with Crippen LogP contribution in [0.2, 0.25) is 5.02 Å². The van der Waals surface area contributed by atoms with Crippen LogP contribution in [0.3, 0.4) is 0 Å². The van der Waals surface area contributed by atoms with Gasteiger partial charge < -0.3 is 4.90 Å². The summed E-state index contributed by atoms with van der Waals surface area (Å²) in [6, 6.07) is 12.9. The lowest BCUT2D eigenvalue weighted by atomic mass is 10.1. The van der Waals surface area contributed by atoms with Crippen molar-refractivity contribution in [3.63, 3.8) is 0 Å². The van der Waals surface area contributed by atoms with E-state index in [0.29, 0.717) is 30.6 Å². The number of fused-ring (bicyclic) bond motifs is 1. The van der Waals surface area contributed by atoms with E-state index >= 15 is 0 Å². The van der Waals surface area contributed by atoms with E-state index in [2.05, 4.69) is 11.8 Å². The quantitative estimate of drug-likeness (QED) is 0.758. The summed E-state index contributed by atoms with van der Waals surface area (Å²) in [6.07, 6.45) is 2.78. The number of benzene rings is 2. The van der Waals surface area contributed by atoms with Crippen molar-refractivity contribution in [2.45, 2.75) is 43.2 Å². The average Bonchev–Trinajstić information content (AvgIpc) is 3.43. The van der Waals surface area contributed by atoms with Gasteiger partial charge in [0.1, 0.15) is 0 Å². The smallest absolute Gasteiger partial charge is 0.241 e. The predicted molar refractivity (Wildman–Crippen MR) is 113 cm³/mol. The van der Waals surface area contributed by atoms with Crippen LogP contribution in [0.5, 0.6) is 0 Å². The molecule has 1 saturated carbocycles. The number of anilines is 1. The molecule has 1 aliphatic carbocycles. The molecule has 4 rings (SSSR count). The predicted octanol–water partition coefficient (Wildman–Crippen LogP) is 3.10. The fourth-order valence-electron chi connectivity index (χ4n) is 4.04. The van der Waals surface area contributed by atoms with Crippen molar-refractivity contribution in [3.8, 4) is 0 Å². The lowest BCUT2D eigenvalue weighted by Gasteiger charge is -2.31. The molecule has 1 atom stereocenters. The first-order chi connectivity index (χ1) is 13.8. The van der Waals surface area contributed by atoms with Gasteiger partial charge in [0.15, 0.2) is 0 Å². The first-order valence-corrected chi connectivity index (χ1v) is 11.6. The summed E-state index contributed by atoms with van der Waals surface area (Å²) in [5, 5.41) is 5.93. The molecule has 1 aliphatic heterocycles. The van der Waals surface area contributed by atoms with Crippen LogP contribution in [-0.2, 0) is 21.2 Å². The topological polar surface area (TPSA) is 83.7 Å². The van der Waals surface area contributed by atoms with Gasteiger partial charge in [-0.25, -0.2) is 13.6 Å². The maximum Gasteiger partial charge on any atom is 0.241 e. The van der Waals surface area contributed by atoms with Gasteiger partial charge in [-0.1, -0.05) is 29.8 Å². The molecule has 1 unspecified atom stereocenters. The minimum absolute atomic E-state index is 0.0120.